The van der Waals surface area contributed by atoms with E-state index in [-0.39, 0.29) is 5.91 Å². The summed E-state index contributed by atoms with van der Waals surface area (Å²) in [6.45, 7) is 9.39. The normalized spacial score (nSPS) is 16.8. The molecule has 0 aliphatic carbocycles. The summed E-state index contributed by atoms with van der Waals surface area (Å²) in [6, 6.07) is 13.5. The van der Waals surface area contributed by atoms with E-state index < -0.39 is 17.6 Å². The number of nitrogens with zero attached hydrogens (tertiary/aromatic N) is 1. The van der Waals surface area contributed by atoms with Gasteiger partial charge in [-0.1, -0.05) is 47.5 Å². The van der Waals surface area contributed by atoms with Crippen molar-refractivity contribution in [1.29, 1.82) is 0 Å². The Labute approximate surface area is 148 Å². The molecule has 25 heavy (non-hydrogen) atoms. The SMILES string of the molecule is Cc1cc(C)cc(C2C(=O)N(C(=O)OC(C)(C)C)c3ccccc32)c1. The number of hydrogen-bond donors (Lipinski definition) is 0. The van der Waals surface area contributed by atoms with Crippen molar-refractivity contribution in [2.24, 2.45) is 0 Å². The fourth-order valence-electron chi connectivity index (χ4n) is 3.31. The van der Waals surface area contributed by atoms with E-state index in [1.165, 1.54) is 4.90 Å². The Balaban J connectivity index is 2.08. The Bertz CT molecular complexity index is 828. The van der Waals surface area contributed by atoms with Gasteiger partial charge in [0.2, 0.25) is 5.91 Å². The molecule has 0 radical (unpaired) electrons. The second-order valence-corrected chi connectivity index (χ2v) is 7.57. The van der Waals surface area contributed by atoms with Gasteiger partial charge < -0.3 is 4.74 Å². The summed E-state index contributed by atoms with van der Waals surface area (Å²) in [7, 11) is 0. The summed E-state index contributed by atoms with van der Waals surface area (Å²) in [5.41, 5.74) is 3.87. The van der Waals surface area contributed by atoms with Crippen molar-refractivity contribution in [1.82, 2.24) is 0 Å². The second-order valence-electron chi connectivity index (χ2n) is 7.57. The molecule has 0 saturated heterocycles. The van der Waals surface area contributed by atoms with Gasteiger partial charge in [-0.05, 0) is 51.8 Å². The fraction of sp³-hybridized carbons (Fsp3) is 0.333. The number of imide groups is 1. The maximum absolute atomic E-state index is 13.1. The van der Waals surface area contributed by atoms with Crippen LogP contribution in [0.25, 0.3) is 0 Å². The molecule has 1 aliphatic rings. The number of rotatable bonds is 1. The van der Waals surface area contributed by atoms with E-state index in [1.54, 1.807) is 26.8 Å². The lowest BCUT2D eigenvalue weighted by Gasteiger charge is -2.24. The first-order valence-corrected chi connectivity index (χ1v) is 8.41. The number of anilines is 1. The van der Waals surface area contributed by atoms with Crippen molar-refractivity contribution in [3.05, 3.63) is 64.7 Å². The molecule has 0 spiro atoms. The highest BCUT2D eigenvalue weighted by atomic mass is 16.6. The Hall–Kier alpha value is -2.62. The summed E-state index contributed by atoms with van der Waals surface area (Å²) in [6.07, 6.45) is -0.628. The van der Waals surface area contributed by atoms with E-state index >= 15 is 0 Å². The van der Waals surface area contributed by atoms with Gasteiger partial charge >= 0.3 is 6.09 Å². The maximum Gasteiger partial charge on any atom is 0.421 e. The van der Waals surface area contributed by atoms with Gasteiger partial charge in [-0.3, -0.25) is 4.79 Å². The first-order valence-electron chi connectivity index (χ1n) is 8.41. The lowest BCUT2D eigenvalue weighted by Crippen LogP contribution is -2.39. The Morgan fingerprint density at radius 2 is 1.64 bits per heavy atom. The third kappa shape index (κ3) is 3.29. The molecule has 0 bridgehead atoms. The lowest BCUT2D eigenvalue weighted by molar-refractivity contribution is -0.118. The van der Waals surface area contributed by atoms with Gasteiger partial charge in [-0.25, -0.2) is 9.69 Å². The van der Waals surface area contributed by atoms with Crippen LogP contribution in [-0.4, -0.2) is 17.6 Å². The van der Waals surface area contributed by atoms with E-state index in [1.807, 2.05) is 44.2 Å². The van der Waals surface area contributed by atoms with Crippen LogP contribution in [0.5, 0.6) is 0 Å². The minimum Gasteiger partial charge on any atom is -0.443 e. The van der Waals surface area contributed by atoms with Gasteiger partial charge in [0.05, 0.1) is 11.6 Å². The molecule has 2 aromatic rings. The summed E-state index contributed by atoms with van der Waals surface area (Å²) in [4.78, 5) is 26.9. The average Bonchev–Trinajstić information content (AvgIpc) is 2.76. The molecule has 1 heterocycles. The lowest BCUT2D eigenvalue weighted by atomic mass is 9.90. The van der Waals surface area contributed by atoms with Gasteiger partial charge in [0.15, 0.2) is 0 Å². The fourth-order valence-corrected chi connectivity index (χ4v) is 3.31. The third-order valence-electron chi connectivity index (χ3n) is 4.11. The van der Waals surface area contributed by atoms with Gasteiger partial charge in [0.25, 0.3) is 0 Å². The molecule has 2 aromatic carbocycles. The average molecular weight is 337 g/mol. The topological polar surface area (TPSA) is 46.6 Å². The number of amides is 2. The number of benzene rings is 2. The van der Waals surface area contributed by atoms with Crippen LogP contribution < -0.4 is 4.90 Å². The van der Waals surface area contributed by atoms with Crippen LogP contribution in [0.4, 0.5) is 10.5 Å². The minimum absolute atomic E-state index is 0.263. The molecule has 130 valence electrons. The molecular weight excluding hydrogens is 314 g/mol. The molecule has 3 rings (SSSR count). The summed E-state index contributed by atoms with van der Waals surface area (Å²) >= 11 is 0. The monoisotopic (exact) mass is 337 g/mol. The Kier molecular flexibility index (Phi) is 4.15. The molecule has 0 N–H and O–H groups in total. The standard InChI is InChI=1S/C21H23NO3/c1-13-10-14(2)12-15(11-13)18-16-8-6-7-9-17(16)22(19(18)23)20(24)25-21(3,4)5/h6-12,18H,1-5H3. The van der Waals surface area contributed by atoms with E-state index in [2.05, 4.69) is 6.07 Å². The molecule has 0 saturated carbocycles. The molecule has 0 aromatic heterocycles. The predicted molar refractivity (Wildman–Crippen MR) is 97.9 cm³/mol. The Morgan fingerprint density at radius 1 is 1.04 bits per heavy atom. The van der Waals surface area contributed by atoms with Crippen LogP contribution in [0.3, 0.4) is 0 Å². The summed E-state index contributed by atoms with van der Waals surface area (Å²) in [5, 5.41) is 0. The highest BCUT2D eigenvalue weighted by Crippen LogP contribution is 2.42. The van der Waals surface area contributed by atoms with E-state index in [0.29, 0.717) is 5.69 Å². The van der Waals surface area contributed by atoms with Gasteiger partial charge in [0.1, 0.15) is 5.60 Å². The van der Waals surface area contributed by atoms with Crippen LogP contribution in [0.2, 0.25) is 0 Å². The number of carbonyl (C=O) groups is 2. The maximum atomic E-state index is 13.1. The quantitative estimate of drug-likeness (QED) is 0.756. The zero-order valence-electron chi connectivity index (χ0n) is 15.3. The predicted octanol–water partition coefficient (Wildman–Crippen LogP) is 4.72. The van der Waals surface area contributed by atoms with Crippen molar-refractivity contribution in [3.8, 4) is 0 Å². The highest BCUT2D eigenvalue weighted by Gasteiger charge is 2.43. The molecule has 4 heteroatoms. The summed E-state index contributed by atoms with van der Waals surface area (Å²) < 4.78 is 5.45. The highest BCUT2D eigenvalue weighted by molar-refractivity contribution is 6.20. The first-order chi connectivity index (χ1) is 11.7. The van der Waals surface area contributed by atoms with Gasteiger partial charge in [0, 0.05) is 0 Å². The van der Waals surface area contributed by atoms with E-state index in [9.17, 15) is 9.59 Å². The van der Waals surface area contributed by atoms with Crippen molar-refractivity contribution in [2.75, 3.05) is 4.90 Å². The Morgan fingerprint density at radius 3 is 2.24 bits per heavy atom. The van der Waals surface area contributed by atoms with Crippen LogP contribution in [0.15, 0.2) is 42.5 Å². The van der Waals surface area contributed by atoms with Crippen LogP contribution in [0.1, 0.15) is 48.9 Å². The molecule has 4 nitrogen and oxygen atoms in total. The molecule has 1 aliphatic heterocycles. The number of aryl methyl sites for hydroxylation is 2. The van der Waals surface area contributed by atoms with Crippen molar-refractivity contribution >= 4 is 17.7 Å². The molecule has 2 amide bonds. The molecular formula is C21H23NO3. The number of para-hydroxylation sites is 1. The van der Waals surface area contributed by atoms with Crippen LogP contribution in [-0.2, 0) is 9.53 Å². The van der Waals surface area contributed by atoms with Crippen molar-refractivity contribution in [3.63, 3.8) is 0 Å². The number of hydrogen-bond acceptors (Lipinski definition) is 3. The minimum atomic E-state index is -0.662. The van der Waals surface area contributed by atoms with Crippen molar-refractivity contribution < 1.29 is 14.3 Å². The smallest absolute Gasteiger partial charge is 0.421 e. The number of carbonyl (C=O) groups excluding carboxylic acids is 2. The largest absolute Gasteiger partial charge is 0.443 e. The van der Waals surface area contributed by atoms with Gasteiger partial charge in [-0.15, -0.1) is 0 Å². The molecule has 1 atom stereocenters. The summed E-state index contributed by atoms with van der Waals surface area (Å²) in [5.74, 6) is -0.747. The number of fused-ring (bicyclic) bond motifs is 1. The van der Waals surface area contributed by atoms with Crippen LogP contribution in [0, 0.1) is 13.8 Å². The third-order valence-corrected chi connectivity index (χ3v) is 4.11. The van der Waals surface area contributed by atoms with E-state index in [4.69, 9.17) is 4.74 Å². The van der Waals surface area contributed by atoms with E-state index in [0.717, 1.165) is 22.3 Å². The van der Waals surface area contributed by atoms with Crippen molar-refractivity contribution in [2.45, 2.75) is 46.1 Å². The number of ether oxygens (including phenoxy) is 1. The van der Waals surface area contributed by atoms with Crippen LogP contribution >= 0.6 is 0 Å². The zero-order valence-corrected chi connectivity index (χ0v) is 15.3. The molecule has 1 unspecified atom stereocenters. The second kappa shape index (κ2) is 6.03. The zero-order chi connectivity index (χ0) is 18.4. The molecule has 0 fully saturated rings. The van der Waals surface area contributed by atoms with Gasteiger partial charge in [-0.2, -0.15) is 0 Å². The first kappa shape index (κ1) is 17.2.